The Morgan fingerprint density at radius 1 is 0.981 bits per heavy atom. The smallest absolute Gasteiger partial charge is 0.351 e. The van der Waals surface area contributed by atoms with E-state index in [4.69, 9.17) is 28.0 Å². The van der Waals surface area contributed by atoms with E-state index in [1.165, 1.54) is 35.3 Å². The summed E-state index contributed by atoms with van der Waals surface area (Å²) in [5, 5.41) is 11.7. The highest BCUT2D eigenvalue weighted by Gasteiger charge is 2.25. The normalized spacial score (nSPS) is 13.5. The van der Waals surface area contributed by atoms with Gasteiger partial charge in [-0.2, -0.15) is 15.3 Å². The van der Waals surface area contributed by atoms with Crippen molar-refractivity contribution in [3.8, 4) is 17.2 Å². The fraction of sp³-hybridized carbons (Fsp3) is 0.486. The number of nitrogens with zero attached hydrogens (tertiary/aromatic N) is 5. The molecular weight excluding hydrogens is 729 g/mol. The summed E-state index contributed by atoms with van der Waals surface area (Å²) in [5.41, 5.74) is 0.640. The fourth-order valence-electron chi connectivity index (χ4n) is 4.63. The lowest BCUT2D eigenvalue weighted by atomic mass is 10.1. The fourth-order valence-corrected chi connectivity index (χ4v) is 6.78. The van der Waals surface area contributed by atoms with Crippen LogP contribution in [0.2, 0.25) is 0 Å². The molecule has 1 aliphatic heterocycles. The topological polar surface area (TPSA) is 196 Å². The summed E-state index contributed by atoms with van der Waals surface area (Å²) in [6.07, 6.45) is 4.51. The SMILES string of the molecule is CC(C)(C)OC(=O)CC1=NN=CC1.CCOP(=O)(Cn1cnc(CC(=O)c2cc(Oc3ccc(S(C)(=O)=O)cc3)cc(O[C@@H](C)COC)c2)n1)OCC. The molecule has 0 saturated carbocycles. The van der Waals surface area contributed by atoms with Crippen LogP contribution in [0.15, 0.2) is 63.9 Å². The molecule has 0 unspecified atom stereocenters. The average Bonchev–Trinajstić information content (AvgIpc) is 3.72. The third-order valence-electron chi connectivity index (χ3n) is 6.68. The van der Waals surface area contributed by atoms with Crippen molar-refractivity contribution in [2.24, 2.45) is 10.2 Å². The predicted molar refractivity (Wildman–Crippen MR) is 198 cm³/mol. The zero-order chi connectivity index (χ0) is 39.2. The molecule has 3 aromatic rings. The first kappa shape index (κ1) is 43.1. The van der Waals surface area contributed by atoms with Gasteiger partial charge in [-0.05, 0) is 77.9 Å². The van der Waals surface area contributed by atoms with E-state index in [0.29, 0.717) is 30.3 Å². The second-order valence-corrected chi connectivity index (χ2v) is 16.8. The van der Waals surface area contributed by atoms with Gasteiger partial charge in [0.2, 0.25) is 0 Å². The first-order chi connectivity index (χ1) is 24.9. The Bertz CT molecular complexity index is 1900. The van der Waals surface area contributed by atoms with Gasteiger partial charge in [-0.1, -0.05) is 0 Å². The average molecular weight is 778 g/mol. The van der Waals surface area contributed by atoms with Crippen LogP contribution in [-0.2, 0) is 50.4 Å². The van der Waals surface area contributed by atoms with Crippen LogP contribution in [0.3, 0.4) is 0 Å². The van der Waals surface area contributed by atoms with E-state index < -0.39 is 23.0 Å². The molecule has 0 aliphatic carbocycles. The third-order valence-corrected chi connectivity index (χ3v) is 9.74. The Kier molecular flexibility index (Phi) is 16.0. The molecule has 290 valence electrons. The lowest BCUT2D eigenvalue weighted by molar-refractivity contribution is -0.153. The molecule has 0 fully saturated rings. The molecule has 1 aliphatic rings. The molecule has 0 spiro atoms. The lowest BCUT2D eigenvalue weighted by Gasteiger charge is -2.19. The van der Waals surface area contributed by atoms with Gasteiger partial charge in [-0.3, -0.25) is 14.2 Å². The summed E-state index contributed by atoms with van der Waals surface area (Å²) in [5.74, 6) is 0.745. The van der Waals surface area contributed by atoms with E-state index in [1.54, 1.807) is 45.4 Å². The number of aromatic nitrogens is 3. The van der Waals surface area contributed by atoms with Gasteiger partial charge in [0.15, 0.2) is 21.4 Å². The summed E-state index contributed by atoms with van der Waals surface area (Å²) in [4.78, 5) is 28.8. The Morgan fingerprint density at radius 2 is 1.64 bits per heavy atom. The number of ether oxygens (including phenoxy) is 4. The Morgan fingerprint density at radius 3 is 2.21 bits per heavy atom. The highest BCUT2D eigenvalue weighted by molar-refractivity contribution is 7.90. The van der Waals surface area contributed by atoms with Crippen LogP contribution in [-0.4, -0.2) is 91.8 Å². The molecule has 2 heterocycles. The van der Waals surface area contributed by atoms with Crippen LogP contribution in [0.25, 0.3) is 0 Å². The van der Waals surface area contributed by atoms with Crippen LogP contribution < -0.4 is 9.47 Å². The van der Waals surface area contributed by atoms with Gasteiger partial charge in [-0.25, -0.2) is 18.1 Å². The lowest BCUT2D eigenvalue weighted by Crippen LogP contribution is -2.25. The molecule has 0 bridgehead atoms. The minimum Gasteiger partial charge on any atom is -0.488 e. The van der Waals surface area contributed by atoms with Crippen LogP contribution in [0.5, 0.6) is 17.2 Å². The zero-order valence-corrected chi connectivity index (χ0v) is 33.0. The summed E-state index contributed by atoms with van der Waals surface area (Å²) in [6, 6.07) is 10.7. The van der Waals surface area contributed by atoms with E-state index >= 15 is 0 Å². The molecule has 53 heavy (non-hydrogen) atoms. The minimum atomic E-state index is -3.40. The van der Waals surface area contributed by atoms with Crippen molar-refractivity contribution in [1.82, 2.24) is 14.8 Å². The van der Waals surface area contributed by atoms with E-state index in [-0.39, 0.29) is 66.5 Å². The number of hydrogen-bond donors (Lipinski definition) is 0. The molecular formula is C35H48N5O11PS. The van der Waals surface area contributed by atoms with Crippen LogP contribution in [0.1, 0.15) is 70.6 Å². The molecule has 0 radical (unpaired) electrons. The number of benzene rings is 2. The largest absolute Gasteiger partial charge is 0.488 e. The molecule has 18 heteroatoms. The van der Waals surface area contributed by atoms with Crippen molar-refractivity contribution in [3.63, 3.8) is 0 Å². The number of carbonyl (C=O) groups excluding carboxylic acids is 2. The maximum Gasteiger partial charge on any atom is 0.351 e. The van der Waals surface area contributed by atoms with Crippen molar-refractivity contribution in [3.05, 3.63) is 60.2 Å². The number of methoxy groups -OCH3 is 1. The van der Waals surface area contributed by atoms with Gasteiger partial charge in [0.25, 0.3) is 0 Å². The van der Waals surface area contributed by atoms with Crippen LogP contribution in [0, 0.1) is 0 Å². The summed E-state index contributed by atoms with van der Waals surface area (Å²) in [7, 11) is -5.20. The molecule has 0 amide bonds. The van der Waals surface area contributed by atoms with Crippen LogP contribution >= 0.6 is 7.60 Å². The van der Waals surface area contributed by atoms with Crippen molar-refractivity contribution in [1.29, 1.82) is 0 Å². The maximum atomic E-state index is 13.2. The summed E-state index contributed by atoms with van der Waals surface area (Å²) < 4.78 is 70.3. The molecule has 0 saturated heterocycles. The van der Waals surface area contributed by atoms with Gasteiger partial charge in [0.05, 0.1) is 43.3 Å². The molecule has 1 aromatic heterocycles. The van der Waals surface area contributed by atoms with Crippen molar-refractivity contribution in [2.45, 2.75) is 83.7 Å². The Balaban J connectivity index is 0.000000489. The summed E-state index contributed by atoms with van der Waals surface area (Å²) in [6.45, 7) is 11.5. The maximum absolute atomic E-state index is 13.2. The second-order valence-electron chi connectivity index (χ2n) is 12.7. The second kappa shape index (κ2) is 19.7. The molecule has 16 nitrogen and oxygen atoms in total. The highest BCUT2D eigenvalue weighted by Crippen LogP contribution is 2.49. The standard InChI is InChI=1S/C26H34N3O9PS.C9H14N2O2/c1-6-35-39(31,36-7-2)18-29-17-27-26(28-29)15-25(30)20-12-22(37-19(3)16-34-4)14-23(13-20)38-21-8-10-24(11-9-21)40(5,32)33;1-9(2,3)13-8(12)6-7-4-5-10-11-7/h8-14,17,19H,6-7,15-16,18H2,1-5H3;5H,4,6H2,1-3H3/t19-;/m0./s1. The van der Waals surface area contributed by atoms with E-state index in [0.717, 1.165) is 12.0 Å². The van der Waals surface area contributed by atoms with Gasteiger partial charge in [0, 0.05) is 37.6 Å². The van der Waals surface area contributed by atoms with E-state index in [9.17, 15) is 22.6 Å². The van der Waals surface area contributed by atoms with E-state index in [1.807, 2.05) is 27.7 Å². The number of carbonyl (C=O) groups is 2. The molecule has 2 aromatic carbocycles. The number of ketones is 1. The summed E-state index contributed by atoms with van der Waals surface area (Å²) >= 11 is 0. The quantitative estimate of drug-likeness (QED) is 0.0819. The van der Waals surface area contributed by atoms with Gasteiger partial charge in [0.1, 0.15) is 41.6 Å². The number of hydrogen-bond acceptors (Lipinski definition) is 15. The van der Waals surface area contributed by atoms with Gasteiger partial charge >= 0.3 is 13.6 Å². The number of rotatable bonds is 18. The van der Waals surface area contributed by atoms with Crippen molar-refractivity contribution >= 4 is 41.1 Å². The predicted octanol–water partition coefficient (Wildman–Crippen LogP) is 6.09. The zero-order valence-electron chi connectivity index (χ0n) is 31.3. The number of sulfone groups is 1. The van der Waals surface area contributed by atoms with Gasteiger partial charge < -0.3 is 28.0 Å². The Hall–Kier alpha value is -4.28. The van der Waals surface area contributed by atoms with E-state index in [2.05, 4.69) is 20.3 Å². The minimum absolute atomic E-state index is 0.132. The molecule has 1 atom stereocenters. The molecule has 4 rings (SSSR count). The van der Waals surface area contributed by atoms with Crippen molar-refractivity contribution < 1.29 is 50.6 Å². The van der Waals surface area contributed by atoms with Crippen molar-refractivity contribution in [2.75, 3.05) is 33.2 Å². The molecule has 0 N–H and O–H groups in total. The monoisotopic (exact) mass is 777 g/mol. The third kappa shape index (κ3) is 15.3. The number of esters is 1. The number of Topliss-reactive ketones (excluding diaryl/α,β-unsaturated/α-hetero) is 1. The van der Waals surface area contributed by atoms with Gasteiger partial charge in [-0.15, -0.1) is 0 Å². The first-order valence-corrected chi connectivity index (χ1v) is 20.4. The highest BCUT2D eigenvalue weighted by atomic mass is 32.2. The first-order valence-electron chi connectivity index (χ1n) is 16.8. The van der Waals surface area contributed by atoms with Crippen LogP contribution in [0.4, 0.5) is 0 Å². The Labute approximate surface area is 310 Å².